The molecule has 2 N–H and O–H groups in total. The molecular formula is C16H23FN2O3. The van der Waals surface area contributed by atoms with Crippen molar-refractivity contribution in [2.75, 3.05) is 20.2 Å². The first-order valence-corrected chi connectivity index (χ1v) is 7.42. The lowest BCUT2D eigenvalue weighted by molar-refractivity contribution is 0.0527. The first-order valence-electron chi connectivity index (χ1n) is 7.42. The van der Waals surface area contributed by atoms with Gasteiger partial charge in [0.05, 0.1) is 24.8 Å². The van der Waals surface area contributed by atoms with Gasteiger partial charge >= 0.3 is 6.03 Å². The van der Waals surface area contributed by atoms with Crippen molar-refractivity contribution in [1.82, 2.24) is 10.2 Å². The summed E-state index contributed by atoms with van der Waals surface area (Å²) in [6.45, 7) is 4.02. The van der Waals surface area contributed by atoms with Crippen LogP contribution in [0, 0.1) is 5.82 Å². The number of benzene rings is 1. The number of aliphatic hydroxyl groups is 1. The smallest absolute Gasteiger partial charge is 0.317 e. The number of carbonyl (C=O) groups is 1. The van der Waals surface area contributed by atoms with Crippen LogP contribution in [-0.4, -0.2) is 41.8 Å². The number of likely N-dealkylation sites (N-methyl/N-ethyl adjacent to an activating group) is 1. The van der Waals surface area contributed by atoms with E-state index in [9.17, 15) is 14.3 Å². The summed E-state index contributed by atoms with van der Waals surface area (Å²) >= 11 is 0. The van der Waals surface area contributed by atoms with E-state index in [2.05, 4.69) is 5.32 Å². The molecule has 0 radical (unpaired) electrons. The molecule has 6 heteroatoms. The molecule has 0 saturated carbocycles. The number of rotatable bonds is 3. The zero-order valence-electron chi connectivity index (χ0n) is 13.2. The van der Waals surface area contributed by atoms with E-state index in [1.807, 2.05) is 0 Å². The van der Waals surface area contributed by atoms with Crippen molar-refractivity contribution in [3.63, 3.8) is 0 Å². The molecule has 1 unspecified atom stereocenters. The van der Waals surface area contributed by atoms with Gasteiger partial charge in [0.15, 0.2) is 0 Å². The first-order chi connectivity index (χ1) is 10.3. The number of hydrogen-bond donors (Lipinski definition) is 2. The lowest BCUT2D eigenvalue weighted by Crippen LogP contribution is -2.45. The van der Waals surface area contributed by atoms with Gasteiger partial charge in [0.25, 0.3) is 0 Å². The highest BCUT2D eigenvalue weighted by molar-refractivity contribution is 5.74. The zero-order valence-corrected chi connectivity index (χ0v) is 13.2. The maximum absolute atomic E-state index is 13.3. The Morgan fingerprint density at radius 2 is 2.27 bits per heavy atom. The third kappa shape index (κ3) is 4.34. The molecule has 0 bridgehead atoms. The molecule has 1 heterocycles. The van der Waals surface area contributed by atoms with E-state index >= 15 is 0 Å². The molecule has 1 aliphatic rings. The number of fused-ring (bicyclic) bond motifs is 1. The monoisotopic (exact) mass is 310 g/mol. The standard InChI is InChI=1S/C16H23FN2O3/c1-16(2,21)10-19(3)15(20)18-13-5-4-8-22-14-9-11(17)6-7-12(13)14/h6-7,9,13,21H,4-5,8,10H2,1-3H3,(H,18,20). The van der Waals surface area contributed by atoms with Crippen LogP contribution in [0.25, 0.3) is 0 Å². The third-order valence-corrected chi connectivity index (χ3v) is 3.51. The summed E-state index contributed by atoms with van der Waals surface area (Å²) < 4.78 is 18.9. The van der Waals surface area contributed by atoms with E-state index in [-0.39, 0.29) is 24.4 Å². The molecule has 0 aromatic heterocycles. The Morgan fingerprint density at radius 1 is 1.55 bits per heavy atom. The second-order valence-electron chi connectivity index (χ2n) is 6.34. The van der Waals surface area contributed by atoms with Gasteiger partial charge in [0.2, 0.25) is 0 Å². The van der Waals surface area contributed by atoms with E-state index in [1.165, 1.54) is 17.0 Å². The minimum absolute atomic E-state index is 0.221. The fraction of sp³-hybridized carbons (Fsp3) is 0.562. The van der Waals surface area contributed by atoms with Crippen LogP contribution in [0.4, 0.5) is 9.18 Å². The SMILES string of the molecule is CN(CC(C)(C)O)C(=O)NC1CCCOc2cc(F)ccc21. The van der Waals surface area contributed by atoms with Crippen LogP contribution in [0.15, 0.2) is 18.2 Å². The minimum atomic E-state index is -0.959. The van der Waals surface area contributed by atoms with Crippen molar-refractivity contribution < 1.29 is 19.0 Å². The molecule has 0 spiro atoms. The molecular weight excluding hydrogens is 287 g/mol. The molecule has 2 amide bonds. The highest BCUT2D eigenvalue weighted by Gasteiger charge is 2.25. The molecule has 2 rings (SSSR count). The first kappa shape index (κ1) is 16.5. The number of urea groups is 1. The molecule has 1 aromatic carbocycles. The van der Waals surface area contributed by atoms with Crippen LogP contribution < -0.4 is 10.1 Å². The predicted molar refractivity (Wildman–Crippen MR) is 81.3 cm³/mol. The van der Waals surface area contributed by atoms with Crippen LogP contribution in [0.2, 0.25) is 0 Å². The minimum Gasteiger partial charge on any atom is -0.493 e. The van der Waals surface area contributed by atoms with Crippen LogP contribution in [0.1, 0.15) is 38.3 Å². The number of halogens is 1. The highest BCUT2D eigenvalue weighted by atomic mass is 19.1. The molecule has 1 aliphatic heterocycles. The fourth-order valence-electron chi connectivity index (χ4n) is 2.61. The maximum atomic E-state index is 13.3. The average molecular weight is 310 g/mol. The third-order valence-electron chi connectivity index (χ3n) is 3.51. The number of amides is 2. The van der Waals surface area contributed by atoms with E-state index < -0.39 is 5.60 Å². The van der Waals surface area contributed by atoms with Crippen molar-refractivity contribution in [3.05, 3.63) is 29.6 Å². The molecule has 0 fully saturated rings. The molecule has 0 saturated heterocycles. The van der Waals surface area contributed by atoms with Gasteiger partial charge in [-0.1, -0.05) is 6.07 Å². The summed E-state index contributed by atoms with van der Waals surface area (Å²) in [5.74, 6) is 0.123. The van der Waals surface area contributed by atoms with Crippen LogP contribution in [-0.2, 0) is 0 Å². The maximum Gasteiger partial charge on any atom is 0.317 e. The Kier molecular flexibility index (Phi) is 4.90. The Labute approximate surface area is 130 Å². The van der Waals surface area contributed by atoms with Crippen molar-refractivity contribution in [2.45, 2.75) is 38.3 Å². The van der Waals surface area contributed by atoms with Gasteiger partial charge in [0.1, 0.15) is 11.6 Å². The van der Waals surface area contributed by atoms with Crippen LogP contribution in [0.3, 0.4) is 0 Å². The molecule has 5 nitrogen and oxygen atoms in total. The van der Waals surface area contributed by atoms with Crippen molar-refractivity contribution in [2.24, 2.45) is 0 Å². The average Bonchev–Trinajstić information content (AvgIpc) is 2.59. The second kappa shape index (κ2) is 6.52. The summed E-state index contributed by atoms with van der Waals surface area (Å²) in [5, 5.41) is 12.7. The topological polar surface area (TPSA) is 61.8 Å². The summed E-state index contributed by atoms with van der Waals surface area (Å²) in [6, 6.07) is 3.86. The van der Waals surface area contributed by atoms with E-state index in [0.717, 1.165) is 18.4 Å². The zero-order chi connectivity index (χ0) is 16.3. The highest BCUT2D eigenvalue weighted by Crippen LogP contribution is 2.32. The van der Waals surface area contributed by atoms with Gasteiger partial charge in [-0.2, -0.15) is 0 Å². The van der Waals surface area contributed by atoms with E-state index in [4.69, 9.17) is 4.74 Å². The fourth-order valence-corrected chi connectivity index (χ4v) is 2.61. The normalized spacial score (nSPS) is 18.0. The largest absolute Gasteiger partial charge is 0.493 e. The van der Waals surface area contributed by atoms with Crippen molar-refractivity contribution >= 4 is 6.03 Å². The van der Waals surface area contributed by atoms with E-state index in [0.29, 0.717) is 12.4 Å². The Hall–Kier alpha value is -1.82. The van der Waals surface area contributed by atoms with Gasteiger partial charge < -0.3 is 20.1 Å². The van der Waals surface area contributed by atoms with Gasteiger partial charge in [-0.25, -0.2) is 9.18 Å². The summed E-state index contributed by atoms with van der Waals surface area (Å²) in [4.78, 5) is 13.7. The van der Waals surface area contributed by atoms with Crippen molar-refractivity contribution in [3.8, 4) is 5.75 Å². The molecule has 122 valence electrons. The molecule has 1 aromatic rings. The van der Waals surface area contributed by atoms with Crippen molar-refractivity contribution in [1.29, 1.82) is 0 Å². The number of carbonyl (C=O) groups excluding carboxylic acids is 1. The summed E-state index contributed by atoms with van der Waals surface area (Å²) in [5.41, 5.74) is -0.177. The Bertz CT molecular complexity index is 543. The molecule has 22 heavy (non-hydrogen) atoms. The molecule has 0 aliphatic carbocycles. The number of ether oxygens (including phenoxy) is 1. The summed E-state index contributed by atoms with van der Waals surface area (Å²) in [7, 11) is 1.63. The molecule has 1 atom stereocenters. The van der Waals surface area contributed by atoms with Crippen LogP contribution in [0.5, 0.6) is 5.75 Å². The van der Waals surface area contributed by atoms with E-state index in [1.54, 1.807) is 27.0 Å². The van der Waals surface area contributed by atoms with Gasteiger partial charge in [-0.05, 0) is 32.8 Å². The van der Waals surface area contributed by atoms with Gasteiger partial charge in [-0.3, -0.25) is 0 Å². The Balaban J connectivity index is 2.11. The lowest BCUT2D eigenvalue weighted by atomic mass is 10.0. The number of nitrogens with one attached hydrogen (secondary N) is 1. The van der Waals surface area contributed by atoms with Gasteiger partial charge in [0, 0.05) is 18.7 Å². The van der Waals surface area contributed by atoms with Gasteiger partial charge in [-0.15, -0.1) is 0 Å². The van der Waals surface area contributed by atoms with Crippen LogP contribution >= 0.6 is 0 Å². The summed E-state index contributed by atoms with van der Waals surface area (Å²) in [6.07, 6.45) is 1.50. The quantitative estimate of drug-likeness (QED) is 0.901. The number of hydrogen-bond acceptors (Lipinski definition) is 3. The lowest BCUT2D eigenvalue weighted by Gasteiger charge is -2.28. The Morgan fingerprint density at radius 3 is 2.95 bits per heavy atom. The number of nitrogens with zero attached hydrogens (tertiary/aromatic N) is 1. The predicted octanol–water partition coefficient (Wildman–Crippen LogP) is 2.45. The second-order valence-corrected chi connectivity index (χ2v) is 6.34.